The van der Waals surface area contributed by atoms with Gasteiger partial charge in [-0.1, -0.05) is 30.3 Å². The molecular formula is C13H14O3. The van der Waals surface area contributed by atoms with Crippen molar-refractivity contribution in [1.82, 2.24) is 0 Å². The van der Waals surface area contributed by atoms with E-state index < -0.39 is 0 Å². The molecule has 2 atom stereocenters. The van der Waals surface area contributed by atoms with Gasteiger partial charge in [0.15, 0.2) is 0 Å². The summed E-state index contributed by atoms with van der Waals surface area (Å²) in [5.41, 5.74) is 0.991. The van der Waals surface area contributed by atoms with E-state index in [9.17, 15) is 4.79 Å². The van der Waals surface area contributed by atoms with Crippen LogP contribution in [0.15, 0.2) is 42.7 Å². The third-order valence-corrected chi connectivity index (χ3v) is 2.52. The second kappa shape index (κ2) is 4.84. The fourth-order valence-corrected chi connectivity index (χ4v) is 1.77. The molecule has 0 N–H and O–H groups in total. The Kier molecular flexibility index (Phi) is 3.25. The molecule has 0 aliphatic carbocycles. The van der Waals surface area contributed by atoms with E-state index in [0.717, 1.165) is 5.56 Å². The Bertz CT molecular complexity index is 383. The van der Waals surface area contributed by atoms with Crippen molar-refractivity contribution in [2.75, 3.05) is 6.61 Å². The quantitative estimate of drug-likeness (QED) is 0.731. The molecule has 3 heteroatoms. The third-order valence-electron chi connectivity index (χ3n) is 2.52. The fourth-order valence-electron chi connectivity index (χ4n) is 1.77. The maximum Gasteiger partial charge on any atom is 0.317 e. The van der Waals surface area contributed by atoms with E-state index in [1.54, 1.807) is 19.3 Å². The Balaban J connectivity index is 2.14. The van der Waals surface area contributed by atoms with E-state index in [4.69, 9.17) is 9.47 Å². The highest BCUT2D eigenvalue weighted by Crippen LogP contribution is 2.32. The van der Waals surface area contributed by atoms with Crippen LogP contribution < -0.4 is 0 Å². The molecule has 0 amide bonds. The van der Waals surface area contributed by atoms with E-state index in [2.05, 4.69) is 0 Å². The molecular weight excluding hydrogens is 204 g/mol. The van der Waals surface area contributed by atoms with Crippen molar-refractivity contribution in [3.8, 4) is 0 Å². The number of rotatable bonds is 3. The summed E-state index contributed by atoms with van der Waals surface area (Å²) < 4.78 is 10.4. The smallest absolute Gasteiger partial charge is 0.317 e. The average Bonchev–Trinajstić information content (AvgIpc) is 2.79. The van der Waals surface area contributed by atoms with Crippen molar-refractivity contribution >= 4 is 5.97 Å². The number of esters is 1. The first kappa shape index (κ1) is 10.7. The molecule has 0 fully saturated rings. The van der Waals surface area contributed by atoms with Crippen molar-refractivity contribution in [3.05, 3.63) is 48.2 Å². The van der Waals surface area contributed by atoms with Gasteiger partial charge in [-0.2, -0.15) is 0 Å². The lowest BCUT2D eigenvalue weighted by Gasteiger charge is -2.17. The monoisotopic (exact) mass is 218 g/mol. The highest BCUT2D eigenvalue weighted by molar-refractivity contribution is 5.76. The van der Waals surface area contributed by atoms with Crippen molar-refractivity contribution in [2.24, 2.45) is 5.92 Å². The summed E-state index contributed by atoms with van der Waals surface area (Å²) in [4.78, 5) is 11.7. The van der Waals surface area contributed by atoms with Gasteiger partial charge in [0.2, 0.25) is 0 Å². The van der Waals surface area contributed by atoms with Gasteiger partial charge in [0.1, 0.15) is 12.0 Å². The Morgan fingerprint density at radius 1 is 1.38 bits per heavy atom. The van der Waals surface area contributed by atoms with Crippen LogP contribution in [0, 0.1) is 5.92 Å². The van der Waals surface area contributed by atoms with Crippen LogP contribution in [0.3, 0.4) is 0 Å². The van der Waals surface area contributed by atoms with E-state index in [1.165, 1.54) is 0 Å². The van der Waals surface area contributed by atoms with Gasteiger partial charge >= 0.3 is 5.97 Å². The first-order chi connectivity index (χ1) is 7.83. The fraction of sp³-hybridized carbons (Fsp3) is 0.308. The molecule has 0 bridgehead atoms. The number of hydrogen-bond donors (Lipinski definition) is 0. The van der Waals surface area contributed by atoms with Gasteiger partial charge in [0.25, 0.3) is 0 Å². The lowest BCUT2D eigenvalue weighted by Crippen LogP contribution is -2.20. The Morgan fingerprint density at radius 3 is 2.81 bits per heavy atom. The summed E-state index contributed by atoms with van der Waals surface area (Å²) in [7, 11) is 0. The largest absolute Gasteiger partial charge is 0.492 e. The number of carbonyl (C=O) groups excluding carboxylic acids is 1. The lowest BCUT2D eigenvalue weighted by atomic mass is 9.97. The third kappa shape index (κ3) is 2.08. The van der Waals surface area contributed by atoms with Crippen LogP contribution in [-0.4, -0.2) is 12.6 Å². The minimum absolute atomic E-state index is 0.231. The lowest BCUT2D eigenvalue weighted by molar-refractivity contribution is -0.148. The Labute approximate surface area is 94.7 Å². The summed E-state index contributed by atoms with van der Waals surface area (Å²) in [5.74, 6) is -0.563. The summed E-state index contributed by atoms with van der Waals surface area (Å²) in [6, 6.07) is 9.69. The minimum atomic E-state index is -0.331. The average molecular weight is 218 g/mol. The minimum Gasteiger partial charge on any atom is -0.492 e. The summed E-state index contributed by atoms with van der Waals surface area (Å²) >= 11 is 0. The van der Waals surface area contributed by atoms with Crippen LogP contribution in [0.2, 0.25) is 0 Å². The predicted molar refractivity (Wildman–Crippen MR) is 59.5 cm³/mol. The molecule has 0 spiro atoms. The SMILES string of the molecule is CCOC(=O)[C@H]1C=CO[C@@H]1c1ccccc1. The molecule has 0 saturated heterocycles. The highest BCUT2D eigenvalue weighted by Gasteiger charge is 2.33. The first-order valence-corrected chi connectivity index (χ1v) is 5.36. The molecule has 1 heterocycles. The van der Waals surface area contributed by atoms with Gasteiger partial charge in [-0.05, 0) is 18.6 Å². The van der Waals surface area contributed by atoms with Gasteiger partial charge in [0, 0.05) is 0 Å². The number of benzene rings is 1. The molecule has 1 aromatic rings. The maximum atomic E-state index is 11.7. The second-order valence-electron chi connectivity index (χ2n) is 3.57. The normalized spacial score (nSPS) is 22.8. The van der Waals surface area contributed by atoms with Gasteiger partial charge in [-0.25, -0.2) is 0 Å². The van der Waals surface area contributed by atoms with Crippen LogP contribution in [0.5, 0.6) is 0 Å². The van der Waals surface area contributed by atoms with Gasteiger partial charge in [-0.15, -0.1) is 0 Å². The molecule has 2 rings (SSSR count). The van der Waals surface area contributed by atoms with E-state index in [-0.39, 0.29) is 18.0 Å². The number of carbonyl (C=O) groups is 1. The number of ether oxygens (including phenoxy) is 2. The van der Waals surface area contributed by atoms with Gasteiger partial charge in [-0.3, -0.25) is 4.79 Å². The molecule has 16 heavy (non-hydrogen) atoms. The van der Waals surface area contributed by atoms with Crippen LogP contribution in [0.1, 0.15) is 18.6 Å². The molecule has 3 nitrogen and oxygen atoms in total. The Hall–Kier alpha value is -1.77. The standard InChI is InChI=1S/C13H14O3/c1-2-15-13(14)11-8-9-16-12(11)10-6-4-3-5-7-10/h3-9,11-12H,2H2,1H3/t11-,12+/m0/s1. The van der Waals surface area contributed by atoms with Gasteiger partial charge < -0.3 is 9.47 Å². The second-order valence-corrected chi connectivity index (χ2v) is 3.57. The zero-order valence-electron chi connectivity index (χ0n) is 9.13. The van der Waals surface area contributed by atoms with Crippen LogP contribution in [-0.2, 0) is 14.3 Å². The number of hydrogen-bond acceptors (Lipinski definition) is 3. The van der Waals surface area contributed by atoms with Crippen molar-refractivity contribution in [1.29, 1.82) is 0 Å². The molecule has 0 unspecified atom stereocenters. The predicted octanol–water partition coefficient (Wildman–Crippen LogP) is 2.45. The van der Waals surface area contributed by atoms with Crippen molar-refractivity contribution in [2.45, 2.75) is 13.0 Å². The van der Waals surface area contributed by atoms with E-state index >= 15 is 0 Å². The van der Waals surface area contributed by atoms with Crippen molar-refractivity contribution in [3.63, 3.8) is 0 Å². The molecule has 1 aliphatic heterocycles. The van der Waals surface area contributed by atoms with Crippen LogP contribution in [0.25, 0.3) is 0 Å². The summed E-state index contributed by atoms with van der Waals surface area (Å²) in [6.45, 7) is 2.19. The zero-order chi connectivity index (χ0) is 11.4. The molecule has 84 valence electrons. The van der Waals surface area contributed by atoms with Crippen LogP contribution >= 0.6 is 0 Å². The maximum absolute atomic E-state index is 11.7. The summed E-state index contributed by atoms with van der Waals surface area (Å²) in [6.07, 6.45) is 3.06. The molecule has 1 aromatic carbocycles. The van der Waals surface area contributed by atoms with Crippen molar-refractivity contribution < 1.29 is 14.3 Å². The summed E-state index contributed by atoms with van der Waals surface area (Å²) in [5, 5.41) is 0. The van der Waals surface area contributed by atoms with E-state index in [1.807, 2.05) is 30.3 Å². The Morgan fingerprint density at radius 2 is 2.12 bits per heavy atom. The topological polar surface area (TPSA) is 35.5 Å². The molecule has 1 aliphatic rings. The zero-order valence-corrected chi connectivity index (χ0v) is 9.13. The molecule has 0 radical (unpaired) electrons. The molecule has 0 aromatic heterocycles. The highest BCUT2D eigenvalue weighted by atomic mass is 16.5. The first-order valence-electron chi connectivity index (χ1n) is 5.36. The van der Waals surface area contributed by atoms with E-state index in [0.29, 0.717) is 6.61 Å². The molecule has 0 saturated carbocycles. The van der Waals surface area contributed by atoms with Crippen LogP contribution in [0.4, 0.5) is 0 Å². The van der Waals surface area contributed by atoms with Gasteiger partial charge in [0.05, 0.1) is 12.9 Å².